The van der Waals surface area contributed by atoms with E-state index in [-0.39, 0.29) is 0 Å². The summed E-state index contributed by atoms with van der Waals surface area (Å²) in [5, 5.41) is 2.42. The first-order valence-corrected chi connectivity index (χ1v) is 8.12. The van der Waals surface area contributed by atoms with E-state index in [9.17, 15) is 13.6 Å². The minimum absolute atomic E-state index is 0.367. The van der Waals surface area contributed by atoms with Crippen molar-refractivity contribution >= 4 is 24.2 Å². The van der Waals surface area contributed by atoms with Gasteiger partial charge in [-0.2, -0.15) is 0 Å². The molecule has 0 bridgehead atoms. The summed E-state index contributed by atoms with van der Waals surface area (Å²) in [4.78, 5) is 12.1. The molecule has 138 valence electrons. The van der Waals surface area contributed by atoms with Gasteiger partial charge in [-0.3, -0.25) is 4.79 Å². The maximum absolute atomic E-state index is 13.6. The van der Waals surface area contributed by atoms with Crippen LogP contribution in [0.25, 0.3) is 0 Å². The lowest BCUT2D eigenvalue weighted by Crippen LogP contribution is -2.41. The first-order valence-electron chi connectivity index (χ1n) is 8.12. The highest BCUT2D eigenvalue weighted by Crippen LogP contribution is 2.36. The Morgan fingerprint density at radius 3 is 2.04 bits per heavy atom. The maximum Gasteiger partial charge on any atom is 0.494 e. The number of hydrogen-bond acceptors (Lipinski definition) is 3. The van der Waals surface area contributed by atoms with Gasteiger partial charge in [-0.25, -0.2) is 8.78 Å². The lowest BCUT2D eigenvalue weighted by molar-refractivity contribution is -0.112. The Morgan fingerprint density at radius 2 is 1.62 bits per heavy atom. The number of carbonyl (C=O) groups is 1. The average Bonchev–Trinajstić information content (AvgIpc) is 2.75. The van der Waals surface area contributed by atoms with E-state index in [2.05, 4.69) is 18.5 Å². The second kappa shape index (κ2) is 7.17. The summed E-state index contributed by atoms with van der Waals surface area (Å²) in [7, 11) is -0.538. The van der Waals surface area contributed by atoms with Gasteiger partial charge < -0.3 is 14.6 Å². The molecule has 1 saturated heterocycles. The number of amides is 1. The van der Waals surface area contributed by atoms with E-state index in [1.165, 1.54) is 0 Å². The van der Waals surface area contributed by atoms with E-state index in [0.29, 0.717) is 5.69 Å². The number of allylic oxidation sites excluding steroid dienone is 2. The zero-order chi connectivity index (χ0) is 19.7. The van der Waals surface area contributed by atoms with Crippen molar-refractivity contribution in [1.29, 1.82) is 0 Å². The van der Waals surface area contributed by atoms with Crippen molar-refractivity contribution in [1.82, 2.24) is 0 Å². The molecule has 1 N–H and O–H groups in total. The van der Waals surface area contributed by atoms with Crippen LogP contribution in [0.4, 0.5) is 14.5 Å². The first-order chi connectivity index (χ1) is 12.0. The predicted molar refractivity (Wildman–Crippen MR) is 99.4 cm³/mol. The van der Waals surface area contributed by atoms with Crippen molar-refractivity contribution in [2.45, 2.75) is 38.9 Å². The molecule has 4 nitrogen and oxygen atoms in total. The van der Waals surface area contributed by atoms with Crippen LogP contribution < -0.4 is 10.8 Å². The predicted octanol–water partition coefficient (Wildman–Crippen LogP) is 3.82. The van der Waals surface area contributed by atoms with Crippen LogP contribution >= 0.6 is 0 Å². The van der Waals surface area contributed by atoms with E-state index < -0.39 is 41.5 Å². The molecule has 1 aromatic rings. The Kier molecular flexibility index (Phi) is 5.54. The second-order valence-corrected chi connectivity index (χ2v) is 7.00. The first kappa shape index (κ1) is 20.1. The Morgan fingerprint density at radius 1 is 1.12 bits per heavy atom. The molecule has 1 aliphatic heterocycles. The van der Waals surface area contributed by atoms with Crippen LogP contribution in [0.5, 0.6) is 0 Å². The largest absolute Gasteiger partial charge is 0.494 e. The van der Waals surface area contributed by atoms with Gasteiger partial charge in [0.05, 0.1) is 11.2 Å². The van der Waals surface area contributed by atoms with Crippen molar-refractivity contribution in [3.8, 4) is 0 Å². The number of carbonyl (C=O) groups excluding carboxylic acids is 1. The summed E-state index contributed by atoms with van der Waals surface area (Å²) in [6.45, 7) is 14.0. The number of anilines is 1. The molecule has 1 fully saturated rings. The molecule has 1 aromatic carbocycles. The molecular formula is C19H22BF2NO3. The third-order valence-corrected chi connectivity index (χ3v) is 4.61. The topological polar surface area (TPSA) is 47.6 Å². The average molecular weight is 361 g/mol. The SMILES string of the molecule is C=C/C(F)=C(\C(=C)F)C(=O)Nc1ccc(B2OC(C)(C)C(C)(C)O2)cc1. The minimum atomic E-state index is -1.17. The quantitative estimate of drug-likeness (QED) is 0.493. The summed E-state index contributed by atoms with van der Waals surface area (Å²) in [5.74, 6) is -3.20. The zero-order valence-electron chi connectivity index (χ0n) is 15.4. The third-order valence-electron chi connectivity index (χ3n) is 4.61. The number of nitrogens with one attached hydrogen (secondary N) is 1. The van der Waals surface area contributed by atoms with Crippen molar-refractivity contribution in [2.24, 2.45) is 0 Å². The fourth-order valence-corrected chi connectivity index (χ4v) is 2.36. The third kappa shape index (κ3) is 3.94. The summed E-state index contributed by atoms with van der Waals surface area (Å²) in [6, 6.07) is 6.63. The Labute approximate surface area is 152 Å². The molecule has 0 unspecified atom stereocenters. The van der Waals surface area contributed by atoms with Gasteiger partial charge in [0.1, 0.15) is 17.2 Å². The Bertz CT molecular complexity index is 753. The van der Waals surface area contributed by atoms with Crippen molar-refractivity contribution in [3.05, 3.63) is 60.7 Å². The molecule has 0 spiro atoms. The van der Waals surface area contributed by atoms with E-state index in [0.717, 1.165) is 11.5 Å². The van der Waals surface area contributed by atoms with E-state index in [4.69, 9.17) is 9.31 Å². The molecule has 0 aliphatic carbocycles. The van der Waals surface area contributed by atoms with Crippen LogP contribution in [-0.4, -0.2) is 24.2 Å². The molecule has 1 aliphatic rings. The van der Waals surface area contributed by atoms with Gasteiger partial charge >= 0.3 is 7.12 Å². The van der Waals surface area contributed by atoms with Crippen molar-refractivity contribution in [3.63, 3.8) is 0 Å². The smallest absolute Gasteiger partial charge is 0.399 e. The molecule has 0 atom stereocenters. The summed E-state index contributed by atoms with van der Waals surface area (Å²) in [5.41, 5.74) is -0.576. The van der Waals surface area contributed by atoms with Gasteiger partial charge in [0.15, 0.2) is 0 Å². The number of hydrogen-bond donors (Lipinski definition) is 1. The lowest BCUT2D eigenvalue weighted by Gasteiger charge is -2.32. The van der Waals surface area contributed by atoms with Gasteiger partial charge in [-0.05, 0) is 51.4 Å². The molecule has 7 heteroatoms. The van der Waals surface area contributed by atoms with Crippen LogP contribution in [0.15, 0.2) is 60.7 Å². The summed E-state index contributed by atoms with van der Waals surface area (Å²) >= 11 is 0. The van der Waals surface area contributed by atoms with Gasteiger partial charge in [0.2, 0.25) is 0 Å². The normalized spacial score (nSPS) is 18.9. The molecular weight excluding hydrogens is 339 g/mol. The second-order valence-electron chi connectivity index (χ2n) is 7.00. The highest BCUT2D eigenvalue weighted by atomic mass is 19.1. The summed E-state index contributed by atoms with van der Waals surface area (Å²) in [6.07, 6.45) is 0.751. The fourth-order valence-electron chi connectivity index (χ4n) is 2.36. The van der Waals surface area contributed by atoms with Crippen molar-refractivity contribution in [2.75, 3.05) is 5.32 Å². The molecule has 0 radical (unpaired) electrons. The fraction of sp³-hybridized carbons (Fsp3) is 0.316. The molecule has 0 saturated carbocycles. The van der Waals surface area contributed by atoms with Gasteiger partial charge in [-0.15, -0.1) is 0 Å². The molecule has 0 aromatic heterocycles. The molecule has 26 heavy (non-hydrogen) atoms. The lowest BCUT2D eigenvalue weighted by atomic mass is 9.79. The molecule has 1 heterocycles. The van der Waals surface area contributed by atoms with Crippen LogP contribution in [0.3, 0.4) is 0 Å². The number of benzene rings is 1. The van der Waals surface area contributed by atoms with Gasteiger partial charge in [0, 0.05) is 5.69 Å². The van der Waals surface area contributed by atoms with Gasteiger partial charge in [0.25, 0.3) is 5.91 Å². The molecule has 1 amide bonds. The number of halogens is 2. The van der Waals surface area contributed by atoms with Crippen molar-refractivity contribution < 1.29 is 22.9 Å². The number of rotatable bonds is 5. The van der Waals surface area contributed by atoms with E-state index in [1.807, 2.05) is 27.7 Å². The van der Waals surface area contributed by atoms with Crippen LogP contribution in [0, 0.1) is 0 Å². The summed E-state index contributed by atoms with van der Waals surface area (Å²) < 4.78 is 38.8. The van der Waals surface area contributed by atoms with Gasteiger partial charge in [-0.1, -0.05) is 25.3 Å². The Balaban J connectivity index is 2.15. The van der Waals surface area contributed by atoms with Crippen LogP contribution in [0.2, 0.25) is 0 Å². The highest BCUT2D eigenvalue weighted by Gasteiger charge is 2.51. The van der Waals surface area contributed by atoms with E-state index in [1.54, 1.807) is 24.3 Å². The molecule has 2 rings (SSSR count). The maximum atomic E-state index is 13.6. The Hall–Kier alpha value is -2.25. The minimum Gasteiger partial charge on any atom is -0.399 e. The zero-order valence-corrected chi connectivity index (χ0v) is 15.4. The highest BCUT2D eigenvalue weighted by molar-refractivity contribution is 6.62. The van der Waals surface area contributed by atoms with Crippen LogP contribution in [0.1, 0.15) is 27.7 Å². The monoisotopic (exact) mass is 361 g/mol. The van der Waals surface area contributed by atoms with Crippen LogP contribution in [-0.2, 0) is 14.1 Å². The standard InChI is InChI=1S/C19H22BF2NO3/c1-7-15(22)16(12(2)21)17(24)23-14-10-8-13(9-11-14)20-25-18(3,4)19(5,6)26-20/h7-11H,1-2H2,3-6H3,(H,23,24)/b16-15-. The van der Waals surface area contributed by atoms with E-state index >= 15 is 0 Å².